The van der Waals surface area contributed by atoms with E-state index in [0.717, 1.165) is 4.88 Å². The van der Waals surface area contributed by atoms with Gasteiger partial charge in [-0.15, -0.1) is 11.3 Å². The van der Waals surface area contributed by atoms with Gasteiger partial charge in [0.1, 0.15) is 12.1 Å². The van der Waals surface area contributed by atoms with E-state index in [1.807, 2.05) is 6.07 Å². The summed E-state index contributed by atoms with van der Waals surface area (Å²) >= 11 is 7.32. The molecular formula is C20H18ClFN4O2S. The third kappa shape index (κ3) is 4.24. The van der Waals surface area contributed by atoms with Crippen LogP contribution in [-0.2, 0) is 6.54 Å². The molecule has 1 atom stereocenters. The van der Waals surface area contributed by atoms with Gasteiger partial charge >= 0.3 is 5.69 Å². The Labute approximate surface area is 175 Å². The van der Waals surface area contributed by atoms with E-state index >= 15 is 0 Å². The molecule has 1 aliphatic rings. The lowest BCUT2D eigenvalue weighted by Gasteiger charge is -2.30. The standard InChI is InChI=1S/C20H18ClFN4O2S/c1-12-2-3-13(8-16(12)22)15-6-7-25(10-17(15)27)19-23-11-26(20(28)24-19)9-14-4-5-18(21)29-14/h2-6,8,11,17,27H,7,9-10H2,1H3/t17-/m0/s1. The molecular weight excluding hydrogens is 415 g/mol. The van der Waals surface area contributed by atoms with Crippen LogP contribution < -0.4 is 10.6 Å². The summed E-state index contributed by atoms with van der Waals surface area (Å²) in [5.74, 6) is -0.0584. The number of thiophene rings is 1. The molecule has 0 unspecified atom stereocenters. The van der Waals surface area contributed by atoms with Crippen LogP contribution in [0.4, 0.5) is 10.3 Å². The molecule has 0 amide bonds. The molecule has 0 radical (unpaired) electrons. The van der Waals surface area contributed by atoms with Gasteiger partial charge in [-0.2, -0.15) is 4.98 Å². The topological polar surface area (TPSA) is 71.2 Å². The Bertz CT molecular complexity index is 1140. The largest absolute Gasteiger partial charge is 0.387 e. The first kappa shape index (κ1) is 19.8. The predicted molar refractivity (Wildman–Crippen MR) is 112 cm³/mol. The number of β-amino-alcohol motifs (C(OH)–C–C–N with tert-alkyl or cyclic N) is 1. The molecule has 0 saturated heterocycles. The maximum atomic E-state index is 13.9. The highest BCUT2D eigenvalue weighted by Crippen LogP contribution is 2.26. The summed E-state index contributed by atoms with van der Waals surface area (Å²) < 4.78 is 15.9. The Morgan fingerprint density at radius 2 is 2.17 bits per heavy atom. The molecule has 0 aliphatic carbocycles. The lowest BCUT2D eigenvalue weighted by atomic mass is 9.96. The molecule has 0 spiro atoms. The predicted octanol–water partition coefficient (Wildman–Crippen LogP) is 3.11. The average Bonchev–Trinajstić information content (AvgIpc) is 3.10. The van der Waals surface area contributed by atoms with Crippen LogP contribution in [0.15, 0.2) is 47.5 Å². The third-order valence-electron chi connectivity index (χ3n) is 4.78. The molecule has 1 N–H and O–H groups in total. The molecule has 0 fully saturated rings. The second-order valence-corrected chi connectivity index (χ2v) is 8.62. The average molecular weight is 433 g/mol. The fourth-order valence-electron chi connectivity index (χ4n) is 3.19. The monoisotopic (exact) mass is 432 g/mol. The maximum Gasteiger partial charge on any atom is 0.352 e. The molecule has 2 aromatic heterocycles. The Hall–Kier alpha value is -2.55. The Kier molecular flexibility index (Phi) is 5.49. The van der Waals surface area contributed by atoms with E-state index < -0.39 is 11.8 Å². The Morgan fingerprint density at radius 3 is 2.83 bits per heavy atom. The molecule has 3 heterocycles. The van der Waals surface area contributed by atoms with E-state index in [1.165, 1.54) is 28.3 Å². The minimum Gasteiger partial charge on any atom is -0.387 e. The van der Waals surface area contributed by atoms with Crippen molar-refractivity contribution in [3.8, 4) is 0 Å². The van der Waals surface area contributed by atoms with E-state index in [2.05, 4.69) is 9.97 Å². The van der Waals surface area contributed by atoms with Crippen molar-refractivity contribution in [3.05, 3.63) is 79.4 Å². The number of hydrogen-bond donors (Lipinski definition) is 1. The first-order valence-electron chi connectivity index (χ1n) is 8.98. The smallest absolute Gasteiger partial charge is 0.352 e. The van der Waals surface area contributed by atoms with Crippen LogP contribution in [0.25, 0.3) is 5.57 Å². The van der Waals surface area contributed by atoms with Crippen LogP contribution in [-0.4, -0.2) is 38.8 Å². The van der Waals surface area contributed by atoms with Crippen LogP contribution in [0.5, 0.6) is 0 Å². The van der Waals surface area contributed by atoms with Crippen molar-refractivity contribution in [1.29, 1.82) is 0 Å². The number of nitrogens with zero attached hydrogens (tertiary/aromatic N) is 4. The number of aromatic nitrogens is 3. The van der Waals surface area contributed by atoms with Crippen LogP contribution in [0.1, 0.15) is 16.0 Å². The number of hydrogen-bond acceptors (Lipinski definition) is 6. The van der Waals surface area contributed by atoms with Gasteiger partial charge in [0.05, 0.1) is 23.5 Å². The summed E-state index contributed by atoms with van der Waals surface area (Å²) in [6.07, 6.45) is 2.41. The first-order valence-corrected chi connectivity index (χ1v) is 10.2. The quantitative estimate of drug-likeness (QED) is 0.686. The van der Waals surface area contributed by atoms with Gasteiger partial charge in [0, 0.05) is 11.4 Å². The van der Waals surface area contributed by atoms with E-state index in [4.69, 9.17) is 11.6 Å². The summed E-state index contributed by atoms with van der Waals surface area (Å²) in [6, 6.07) is 8.54. The number of aliphatic hydroxyl groups excluding tert-OH is 1. The zero-order chi connectivity index (χ0) is 20.5. The van der Waals surface area contributed by atoms with Gasteiger partial charge in [-0.3, -0.25) is 4.57 Å². The molecule has 3 aromatic rings. The molecule has 1 aromatic carbocycles. The van der Waals surface area contributed by atoms with Crippen LogP contribution in [0, 0.1) is 12.7 Å². The lowest BCUT2D eigenvalue weighted by molar-refractivity contribution is 0.233. The fourth-order valence-corrected chi connectivity index (χ4v) is 4.27. The number of halogens is 2. The van der Waals surface area contributed by atoms with E-state index in [-0.39, 0.29) is 18.3 Å². The lowest BCUT2D eigenvalue weighted by Crippen LogP contribution is -2.40. The van der Waals surface area contributed by atoms with Crippen molar-refractivity contribution in [3.63, 3.8) is 0 Å². The van der Waals surface area contributed by atoms with Gasteiger partial charge in [-0.1, -0.05) is 29.8 Å². The number of benzene rings is 1. The van der Waals surface area contributed by atoms with E-state index in [9.17, 15) is 14.3 Å². The normalized spacial score (nSPS) is 16.8. The van der Waals surface area contributed by atoms with Gasteiger partial charge in [-0.25, -0.2) is 14.2 Å². The number of aliphatic hydroxyl groups is 1. The zero-order valence-corrected chi connectivity index (χ0v) is 17.1. The minimum atomic E-state index is -0.842. The van der Waals surface area contributed by atoms with Gasteiger partial charge < -0.3 is 10.0 Å². The van der Waals surface area contributed by atoms with Crippen molar-refractivity contribution in [2.75, 3.05) is 18.0 Å². The highest BCUT2D eigenvalue weighted by molar-refractivity contribution is 7.16. The van der Waals surface area contributed by atoms with E-state index in [0.29, 0.717) is 34.1 Å². The van der Waals surface area contributed by atoms with Gasteiger partial charge in [0.2, 0.25) is 5.95 Å². The van der Waals surface area contributed by atoms with Crippen molar-refractivity contribution >= 4 is 34.5 Å². The third-order valence-corrected chi connectivity index (χ3v) is 6.00. The minimum absolute atomic E-state index is 0.214. The zero-order valence-electron chi connectivity index (χ0n) is 15.5. The molecule has 0 bridgehead atoms. The summed E-state index contributed by atoms with van der Waals surface area (Å²) in [5, 5.41) is 10.6. The molecule has 0 saturated carbocycles. The highest BCUT2D eigenvalue weighted by atomic mass is 35.5. The number of aryl methyl sites for hydroxylation is 1. The summed E-state index contributed by atoms with van der Waals surface area (Å²) in [4.78, 5) is 23.3. The van der Waals surface area contributed by atoms with Crippen molar-refractivity contribution in [2.45, 2.75) is 19.6 Å². The van der Waals surface area contributed by atoms with Gasteiger partial charge in [-0.05, 0) is 41.8 Å². The summed E-state index contributed by atoms with van der Waals surface area (Å²) in [7, 11) is 0. The Balaban J connectivity index is 1.52. The van der Waals surface area contributed by atoms with Crippen molar-refractivity contribution in [2.24, 2.45) is 0 Å². The summed E-state index contributed by atoms with van der Waals surface area (Å²) in [6.45, 7) is 2.67. The van der Waals surface area contributed by atoms with E-state index in [1.54, 1.807) is 36.1 Å². The molecule has 9 heteroatoms. The van der Waals surface area contributed by atoms with Crippen LogP contribution in [0.3, 0.4) is 0 Å². The summed E-state index contributed by atoms with van der Waals surface area (Å²) in [5.41, 5.74) is 1.43. The molecule has 4 rings (SSSR count). The van der Waals surface area contributed by atoms with Crippen LogP contribution in [0.2, 0.25) is 4.34 Å². The van der Waals surface area contributed by atoms with Crippen molar-refractivity contribution < 1.29 is 9.50 Å². The number of anilines is 1. The second kappa shape index (κ2) is 8.06. The maximum absolute atomic E-state index is 13.9. The molecule has 6 nitrogen and oxygen atoms in total. The molecule has 29 heavy (non-hydrogen) atoms. The fraction of sp³-hybridized carbons (Fsp3) is 0.250. The molecule has 150 valence electrons. The van der Waals surface area contributed by atoms with Gasteiger partial charge in [0.15, 0.2) is 0 Å². The Morgan fingerprint density at radius 1 is 1.34 bits per heavy atom. The van der Waals surface area contributed by atoms with Crippen LogP contribution >= 0.6 is 22.9 Å². The SMILES string of the molecule is Cc1ccc(C2=CCN(c3ncn(Cc4ccc(Cl)s4)c(=O)n3)C[C@@H]2O)cc1F. The molecule has 1 aliphatic heterocycles. The first-order chi connectivity index (χ1) is 13.9. The highest BCUT2D eigenvalue weighted by Gasteiger charge is 2.24. The number of rotatable bonds is 4. The second-order valence-electron chi connectivity index (χ2n) is 6.82. The van der Waals surface area contributed by atoms with Gasteiger partial charge in [0.25, 0.3) is 0 Å². The van der Waals surface area contributed by atoms with Crippen molar-refractivity contribution in [1.82, 2.24) is 14.5 Å².